The summed E-state index contributed by atoms with van der Waals surface area (Å²) in [5, 5.41) is 30.3. The Hall–Kier alpha value is -4.03. The van der Waals surface area contributed by atoms with Crippen LogP contribution in [0, 0.1) is 0 Å². The summed E-state index contributed by atoms with van der Waals surface area (Å²) in [6.45, 7) is 0.425. The van der Waals surface area contributed by atoms with Crippen LogP contribution in [0.15, 0.2) is 84.3 Å². The molecule has 1 aliphatic rings. The van der Waals surface area contributed by atoms with E-state index in [4.69, 9.17) is 14.6 Å². The molecule has 0 unspecified atom stereocenters. The van der Waals surface area contributed by atoms with Crippen molar-refractivity contribution in [3.63, 3.8) is 0 Å². The van der Waals surface area contributed by atoms with E-state index in [1.807, 2.05) is 60.1 Å². The highest BCUT2D eigenvalue weighted by atomic mass is 32.2. The number of aliphatic hydroxyl groups is 1. The Labute approximate surface area is 279 Å². The highest BCUT2D eigenvalue weighted by Crippen LogP contribution is 2.40. The average molecular weight is 659 g/mol. The van der Waals surface area contributed by atoms with Crippen LogP contribution in [0.4, 0.5) is 0 Å². The van der Waals surface area contributed by atoms with Crippen LogP contribution in [0.2, 0.25) is 0 Å². The van der Waals surface area contributed by atoms with Gasteiger partial charge in [0.25, 0.3) is 0 Å². The molecule has 3 N–H and O–H groups in total. The van der Waals surface area contributed by atoms with Crippen molar-refractivity contribution in [1.29, 1.82) is 0 Å². The van der Waals surface area contributed by atoms with E-state index in [-0.39, 0.29) is 31.1 Å². The predicted molar refractivity (Wildman–Crippen MR) is 179 cm³/mol. The Morgan fingerprint density at radius 1 is 0.915 bits per heavy atom. The number of aromatic nitrogens is 3. The van der Waals surface area contributed by atoms with Crippen LogP contribution < -0.4 is 5.32 Å². The number of aliphatic carboxylic acids is 1. The zero-order chi connectivity index (χ0) is 33.0. The molecule has 248 valence electrons. The number of benzene rings is 3. The fourth-order valence-electron chi connectivity index (χ4n) is 5.52. The van der Waals surface area contributed by atoms with Gasteiger partial charge in [0.05, 0.1) is 18.8 Å². The molecule has 3 aromatic carbocycles. The van der Waals surface area contributed by atoms with Gasteiger partial charge in [0.1, 0.15) is 6.33 Å². The number of rotatable bonds is 16. The third-order valence-corrected chi connectivity index (χ3v) is 9.30. The molecule has 0 spiro atoms. The van der Waals surface area contributed by atoms with Gasteiger partial charge in [0.2, 0.25) is 5.91 Å². The second-order valence-electron chi connectivity index (χ2n) is 11.8. The summed E-state index contributed by atoms with van der Waals surface area (Å²) in [6, 6.07) is 24.2. The molecular weight excluding hydrogens is 616 g/mol. The first kappa shape index (κ1) is 34.3. The Bertz CT molecular complexity index is 1610. The molecule has 0 saturated carbocycles. The second-order valence-corrected chi connectivity index (χ2v) is 12.8. The van der Waals surface area contributed by atoms with E-state index >= 15 is 0 Å². The molecule has 10 nitrogen and oxygen atoms in total. The van der Waals surface area contributed by atoms with Gasteiger partial charge in [-0.15, -0.1) is 10.2 Å². The van der Waals surface area contributed by atoms with Gasteiger partial charge < -0.3 is 29.6 Å². The van der Waals surface area contributed by atoms with Crippen molar-refractivity contribution >= 4 is 23.6 Å². The molecule has 1 saturated heterocycles. The lowest BCUT2D eigenvalue weighted by Gasteiger charge is -2.36. The summed E-state index contributed by atoms with van der Waals surface area (Å²) in [4.78, 5) is 23.0. The number of nitrogens with zero attached hydrogens (tertiary/aromatic N) is 3. The first-order valence-electron chi connectivity index (χ1n) is 16.0. The number of amides is 1. The topological polar surface area (TPSA) is 136 Å². The number of carboxylic acid groups (broad SMARTS) is 1. The fraction of sp³-hybridized carbons (Fsp3) is 0.389. The number of aliphatic hydroxyl groups excluding tert-OH is 1. The van der Waals surface area contributed by atoms with Gasteiger partial charge in [-0.05, 0) is 52.8 Å². The van der Waals surface area contributed by atoms with Crippen molar-refractivity contribution in [1.82, 2.24) is 20.1 Å². The molecule has 1 aliphatic heterocycles. The molecule has 5 rings (SSSR count). The summed E-state index contributed by atoms with van der Waals surface area (Å²) in [6.07, 6.45) is 5.16. The third-order valence-electron chi connectivity index (χ3n) is 8.14. The zero-order valence-electron chi connectivity index (χ0n) is 26.6. The second kappa shape index (κ2) is 17.2. The molecular formula is C36H42N4O6S. The maximum Gasteiger partial charge on any atom is 0.303 e. The minimum absolute atomic E-state index is 0.00493. The number of unbranched alkanes of at least 4 members (excludes halogenated alkanes) is 3. The number of hydrogen-bond acceptors (Lipinski definition) is 8. The van der Waals surface area contributed by atoms with Crippen LogP contribution in [-0.2, 0) is 39.3 Å². The van der Waals surface area contributed by atoms with Crippen molar-refractivity contribution in [3.8, 4) is 11.1 Å². The third kappa shape index (κ3) is 10.2. The Balaban J connectivity index is 1.24. The van der Waals surface area contributed by atoms with Crippen molar-refractivity contribution in [2.24, 2.45) is 7.05 Å². The van der Waals surface area contributed by atoms with Crippen LogP contribution in [-0.4, -0.2) is 48.7 Å². The van der Waals surface area contributed by atoms with E-state index < -0.39 is 12.3 Å². The highest BCUT2D eigenvalue weighted by Gasteiger charge is 2.32. The summed E-state index contributed by atoms with van der Waals surface area (Å²) < 4.78 is 15.0. The number of thioether (sulfide) groups is 1. The number of carboxylic acids is 1. The van der Waals surface area contributed by atoms with Crippen LogP contribution in [0.3, 0.4) is 0 Å². The smallest absolute Gasteiger partial charge is 0.303 e. The van der Waals surface area contributed by atoms with Gasteiger partial charge in [0, 0.05) is 44.2 Å². The monoisotopic (exact) mass is 658 g/mol. The van der Waals surface area contributed by atoms with Gasteiger partial charge in [-0.1, -0.05) is 85.3 Å². The zero-order valence-corrected chi connectivity index (χ0v) is 27.4. The minimum Gasteiger partial charge on any atom is -0.481 e. The Morgan fingerprint density at radius 3 is 2.38 bits per heavy atom. The molecule has 1 fully saturated rings. The number of nitrogens with one attached hydrogen (secondary N) is 1. The Kier molecular flexibility index (Phi) is 12.6. The first-order chi connectivity index (χ1) is 22.9. The summed E-state index contributed by atoms with van der Waals surface area (Å²) in [5.74, 6) is -0.0916. The fourth-order valence-corrected chi connectivity index (χ4v) is 6.43. The summed E-state index contributed by atoms with van der Waals surface area (Å²) >= 11 is 1.60. The molecule has 47 heavy (non-hydrogen) atoms. The van der Waals surface area contributed by atoms with Crippen molar-refractivity contribution in [2.45, 2.75) is 81.8 Å². The lowest BCUT2D eigenvalue weighted by atomic mass is 9.99. The molecule has 0 radical (unpaired) electrons. The largest absolute Gasteiger partial charge is 0.481 e. The molecule has 2 heterocycles. The number of carbonyl (C=O) groups is 2. The highest BCUT2D eigenvalue weighted by molar-refractivity contribution is 7.99. The maximum absolute atomic E-state index is 12.4. The molecule has 0 aliphatic carbocycles. The van der Waals surface area contributed by atoms with Crippen molar-refractivity contribution in [3.05, 3.63) is 101 Å². The number of carbonyl (C=O) groups excluding carboxylic acids is 1. The van der Waals surface area contributed by atoms with Crippen LogP contribution in [0.5, 0.6) is 0 Å². The van der Waals surface area contributed by atoms with Crippen molar-refractivity contribution < 1.29 is 29.3 Å². The van der Waals surface area contributed by atoms with E-state index in [2.05, 4.69) is 39.8 Å². The van der Waals surface area contributed by atoms with E-state index in [1.54, 1.807) is 18.1 Å². The summed E-state index contributed by atoms with van der Waals surface area (Å²) in [5.41, 5.74) is 5.84. The first-order valence-corrected chi connectivity index (χ1v) is 17.0. The van der Waals surface area contributed by atoms with E-state index in [1.165, 1.54) is 0 Å². The molecule has 4 aromatic rings. The standard InChI is InChI=1S/C36H42N4O6S/c1-40-24-38-39-36(40)47-23-31-20-32(27-16-14-25(22-41)15-17-27)46-35(45-31)30-11-7-10-29(19-30)28-9-6-8-26(18-28)21-37-33(42)12-4-2-3-5-13-34(43)44/h6-11,14-19,24,31-32,35,41H,2-5,12-13,20-23H2,1H3,(H,37,42)(H,43,44)/t31-,32+,35+/m0/s1. The van der Waals surface area contributed by atoms with Crippen LogP contribution in [0.25, 0.3) is 11.1 Å². The molecule has 1 aromatic heterocycles. The minimum atomic E-state index is -0.777. The molecule has 3 atom stereocenters. The molecule has 0 bridgehead atoms. The normalized spacial score (nSPS) is 17.8. The molecule has 11 heteroatoms. The predicted octanol–water partition coefficient (Wildman–Crippen LogP) is 6.35. The molecule has 1 amide bonds. The Morgan fingerprint density at radius 2 is 1.66 bits per heavy atom. The van der Waals surface area contributed by atoms with Gasteiger partial charge in [0.15, 0.2) is 11.4 Å². The number of ether oxygens (including phenoxy) is 2. The van der Waals surface area contributed by atoms with Crippen LogP contribution >= 0.6 is 11.8 Å². The van der Waals surface area contributed by atoms with Gasteiger partial charge in [-0.2, -0.15) is 0 Å². The SMILES string of the molecule is Cn1cnnc1SC[C@@H]1C[C@H](c2ccc(CO)cc2)O[C@H](c2cccc(-c3cccc(CNC(=O)CCCCCCC(=O)O)c3)c2)O1. The van der Waals surface area contributed by atoms with Gasteiger partial charge in [-0.25, -0.2) is 0 Å². The lowest BCUT2D eigenvalue weighted by molar-refractivity contribution is -0.245. The van der Waals surface area contributed by atoms with Gasteiger partial charge >= 0.3 is 5.97 Å². The maximum atomic E-state index is 12.4. The van der Waals surface area contributed by atoms with Crippen LogP contribution in [0.1, 0.15) is 79.6 Å². The summed E-state index contributed by atoms with van der Waals surface area (Å²) in [7, 11) is 1.92. The van der Waals surface area contributed by atoms with Gasteiger partial charge in [-0.3, -0.25) is 9.59 Å². The average Bonchev–Trinajstić information content (AvgIpc) is 3.52. The van der Waals surface area contributed by atoms with E-state index in [0.29, 0.717) is 31.6 Å². The van der Waals surface area contributed by atoms with E-state index in [9.17, 15) is 14.7 Å². The number of hydrogen-bond donors (Lipinski definition) is 3. The number of aryl methyl sites for hydroxylation is 1. The van der Waals surface area contributed by atoms with Crippen molar-refractivity contribution in [2.75, 3.05) is 5.75 Å². The van der Waals surface area contributed by atoms with E-state index in [0.717, 1.165) is 57.8 Å². The quantitative estimate of drug-likeness (QED) is 0.0929. The lowest BCUT2D eigenvalue weighted by Crippen LogP contribution is -2.31.